The molecule has 16 rings (SSSR count). The van der Waals surface area contributed by atoms with Crippen LogP contribution in [0.15, 0.2) is 0 Å². The SMILES string of the molecule is C.C1CC1.C1CC1.C1CC1.C1CC1.C1CC1.C1CC1.C1CC1.C1CC1.C1CC1.C1CC1.C1CC1.C1CC1.C1CC1.C1CC1.C1CC1.C1CC1. The van der Waals surface area contributed by atoms with Gasteiger partial charge in [-0.3, -0.25) is 0 Å². The lowest BCUT2D eigenvalue weighted by atomic mass is 11.0. The van der Waals surface area contributed by atoms with Crippen LogP contribution in [0.3, 0.4) is 0 Å². The first-order valence-electron chi connectivity index (χ1n) is 24.0. The molecule has 0 spiro atoms. The Labute approximate surface area is 314 Å². The summed E-state index contributed by atoms with van der Waals surface area (Å²) in [5.74, 6) is 0. The maximum absolute atomic E-state index is 1.50. The van der Waals surface area contributed by atoms with E-state index in [1.165, 1.54) is 308 Å². The van der Waals surface area contributed by atoms with Crippen molar-refractivity contribution in [1.82, 2.24) is 0 Å². The van der Waals surface area contributed by atoms with Gasteiger partial charge < -0.3 is 0 Å². The molecular weight excluding hydrogens is 589 g/mol. The third-order valence-electron chi connectivity index (χ3n) is 5.66. The zero-order chi connectivity index (χ0) is 33.9. The Morgan fingerprint density at radius 2 is 0.0816 bits per heavy atom. The Morgan fingerprint density at radius 1 is 0.0612 bits per heavy atom. The van der Waals surface area contributed by atoms with E-state index in [4.69, 9.17) is 0 Å². The Kier molecular flexibility index (Phi) is 46.0. The first-order chi connectivity index (χ1) is 24.0. The number of hydrogen-bond acceptors (Lipinski definition) is 0. The third-order valence-corrected chi connectivity index (χ3v) is 5.66. The maximum Gasteiger partial charge on any atom is -0.0533 e. The molecule has 16 aliphatic carbocycles. The second kappa shape index (κ2) is 46.0. The molecular formula is C49H100. The molecule has 0 aromatic carbocycles. The van der Waals surface area contributed by atoms with Gasteiger partial charge in [-0.1, -0.05) is 316 Å². The highest BCUT2D eigenvalue weighted by molar-refractivity contribution is 4.55. The molecule has 0 heterocycles. The van der Waals surface area contributed by atoms with E-state index in [1.54, 1.807) is 0 Å². The van der Waals surface area contributed by atoms with Gasteiger partial charge >= 0.3 is 0 Å². The average molecular weight is 689 g/mol. The van der Waals surface area contributed by atoms with Gasteiger partial charge in [-0.05, 0) is 0 Å². The van der Waals surface area contributed by atoms with Crippen molar-refractivity contribution in [2.75, 3.05) is 0 Å². The van der Waals surface area contributed by atoms with E-state index in [0.29, 0.717) is 0 Å². The van der Waals surface area contributed by atoms with E-state index in [2.05, 4.69) is 0 Å². The van der Waals surface area contributed by atoms with Crippen molar-refractivity contribution in [2.24, 2.45) is 0 Å². The van der Waals surface area contributed by atoms with E-state index >= 15 is 0 Å². The predicted octanol–water partition coefficient (Wildman–Crippen LogP) is 19.4. The van der Waals surface area contributed by atoms with E-state index < -0.39 is 0 Å². The summed E-state index contributed by atoms with van der Waals surface area (Å²) >= 11 is 0. The van der Waals surface area contributed by atoms with Gasteiger partial charge in [-0.15, -0.1) is 0 Å². The second-order valence-electron chi connectivity index (χ2n) is 17.0. The molecule has 0 unspecified atom stereocenters. The summed E-state index contributed by atoms with van der Waals surface area (Å²) in [6.07, 6.45) is 72.0. The first-order valence-corrected chi connectivity index (χ1v) is 24.0. The largest absolute Gasteiger partial charge is 0.0776 e. The molecule has 0 aliphatic heterocycles. The Bertz CT molecular complexity index is 268. The minimum Gasteiger partial charge on any atom is -0.0776 e. The summed E-state index contributed by atoms with van der Waals surface area (Å²) in [5, 5.41) is 0. The van der Waals surface area contributed by atoms with Crippen molar-refractivity contribution >= 4 is 0 Å². The van der Waals surface area contributed by atoms with Crippen LogP contribution in [0.2, 0.25) is 0 Å². The summed E-state index contributed by atoms with van der Waals surface area (Å²) in [6.45, 7) is 0. The van der Waals surface area contributed by atoms with Gasteiger partial charge in [0.15, 0.2) is 0 Å². The summed E-state index contributed by atoms with van der Waals surface area (Å²) in [5.41, 5.74) is 0. The molecule has 0 heteroatoms. The second-order valence-corrected chi connectivity index (χ2v) is 17.0. The van der Waals surface area contributed by atoms with E-state index in [9.17, 15) is 0 Å². The van der Waals surface area contributed by atoms with Crippen LogP contribution in [0.25, 0.3) is 0 Å². The highest BCUT2D eigenvalue weighted by Crippen LogP contribution is 2.19. The molecule has 16 fully saturated rings. The molecule has 0 saturated heterocycles. The molecule has 0 N–H and O–H groups in total. The molecule has 16 saturated carbocycles. The molecule has 0 amide bonds. The van der Waals surface area contributed by atoms with E-state index in [1.807, 2.05) is 0 Å². The van der Waals surface area contributed by atoms with E-state index in [0.717, 1.165) is 0 Å². The van der Waals surface area contributed by atoms with Gasteiger partial charge in [0.2, 0.25) is 0 Å². The lowest BCUT2D eigenvalue weighted by molar-refractivity contribution is 1.50. The lowest BCUT2D eigenvalue weighted by Gasteiger charge is -1.05. The molecule has 296 valence electrons. The van der Waals surface area contributed by atoms with Crippen LogP contribution in [-0.2, 0) is 0 Å². The van der Waals surface area contributed by atoms with Crippen molar-refractivity contribution in [3.05, 3.63) is 0 Å². The highest BCUT2D eigenvalue weighted by atomic mass is 14.1. The van der Waals surface area contributed by atoms with Crippen molar-refractivity contribution in [3.8, 4) is 0 Å². The normalized spacial score (nSPS) is 23.5. The number of hydrogen-bond donors (Lipinski definition) is 0. The Morgan fingerprint density at radius 3 is 0.0816 bits per heavy atom. The fourth-order valence-electron chi connectivity index (χ4n) is 0. The molecule has 49 heavy (non-hydrogen) atoms. The molecule has 0 atom stereocenters. The fourth-order valence-corrected chi connectivity index (χ4v) is 0. The maximum atomic E-state index is 1.50. The predicted molar refractivity (Wildman–Crippen MR) is 228 cm³/mol. The van der Waals surface area contributed by atoms with Crippen molar-refractivity contribution < 1.29 is 0 Å². The van der Waals surface area contributed by atoms with Gasteiger partial charge in [0.05, 0.1) is 0 Å². The summed E-state index contributed by atoms with van der Waals surface area (Å²) in [4.78, 5) is 0. The van der Waals surface area contributed by atoms with Gasteiger partial charge in [0, 0.05) is 0 Å². The first kappa shape index (κ1) is 49.0. The van der Waals surface area contributed by atoms with Crippen LogP contribution >= 0.6 is 0 Å². The fraction of sp³-hybridized carbons (Fsp3) is 1.00. The van der Waals surface area contributed by atoms with Crippen LogP contribution in [0.4, 0.5) is 0 Å². The topological polar surface area (TPSA) is 0 Å². The third kappa shape index (κ3) is 397. The zero-order valence-corrected chi connectivity index (χ0v) is 33.9. The van der Waals surface area contributed by atoms with Gasteiger partial charge in [-0.25, -0.2) is 0 Å². The average Bonchev–Trinajstić information content (AvgIpc) is 4.08. The van der Waals surface area contributed by atoms with E-state index in [-0.39, 0.29) is 7.43 Å². The van der Waals surface area contributed by atoms with Crippen molar-refractivity contribution in [3.63, 3.8) is 0 Å². The Hall–Kier alpha value is 0. The lowest BCUT2D eigenvalue weighted by Crippen LogP contribution is -0.856. The monoisotopic (exact) mass is 689 g/mol. The minimum atomic E-state index is 0. The van der Waals surface area contributed by atoms with Crippen LogP contribution in [0, 0.1) is 0 Å². The number of rotatable bonds is 0. The molecule has 0 aromatic heterocycles. The highest BCUT2D eigenvalue weighted by Gasteiger charge is 1.99. The molecule has 16 aliphatic rings. The standard InChI is InChI=1S/16C3H6.CH4/c16*1-2-3-1;/h16*1-3H2;1H4. The zero-order valence-electron chi connectivity index (χ0n) is 33.9. The quantitative estimate of drug-likeness (QED) is 0.238. The summed E-state index contributed by atoms with van der Waals surface area (Å²) in [6, 6.07) is 0. The summed E-state index contributed by atoms with van der Waals surface area (Å²) in [7, 11) is 0. The minimum absolute atomic E-state index is 0. The van der Waals surface area contributed by atoms with Crippen LogP contribution in [0.5, 0.6) is 0 Å². The van der Waals surface area contributed by atoms with Crippen molar-refractivity contribution in [1.29, 1.82) is 0 Å². The molecule has 0 aromatic rings. The van der Waals surface area contributed by atoms with Gasteiger partial charge in [-0.2, -0.15) is 0 Å². The van der Waals surface area contributed by atoms with Crippen LogP contribution in [0.1, 0.15) is 316 Å². The van der Waals surface area contributed by atoms with Gasteiger partial charge in [0.1, 0.15) is 0 Å². The molecule has 0 nitrogen and oxygen atoms in total. The smallest absolute Gasteiger partial charge is 0.0533 e. The van der Waals surface area contributed by atoms with Crippen LogP contribution < -0.4 is 0 Å². The molecule has 0 radical (unpaired) electrons. The molecule has 0 bridgehead atoms. The summed E-state index contributed by atoms with van der Waals surface area (Å²) < 4.78 is 0. The van der Waals surface area contributed by atoms with Crippen LogP contribution in [-0.4, -0.2) is 0 Å². The Balaban J connectivity index is 0.000000501. The van der Waals surface area contributed by atoms with Crippen molar-refractivity contribution in [2.45, 2.75) is 316 Å². The van der Waals surface area contributed by atoms with Gasteiger partial charge in [0.25, 0.3) is 0 Å².